The van der Waals surface area contributed by atoms with E-state index in [-0.39, 0.29) is 5.78 Å². The van der Waals surface area contributed by atoms with Gasteiger partial charge in [0.15, 0.2) is 5.78 Å². The molecule has 19 heavy (non-hydrogen) atoms. The number of halogens is 2. The van der Waals surface area contributed by atoms with E-state index in [1.807, 2.05) is 31.2 Å². The van der Waals surface area contributed by atoms with E-state index in [0.717, 1.165) is 4.47 Å². The van der Waals surface area contributed by atoms with Crippen LogP contribution in [0.1, 0.15) is 23.7 Å². The molecule has 0 aromatic heterocycles. The predicted molar refractivity (Wildman–Crippen MR) is 80.3 cm³/mol. The molecule has 0 aliphatic rings. The number of ether oxygens (including phenoxy) is 1. The van der Waals surface area contributed by atoms with Gasteiger partial charge in [0.2, 0.25) is 0 Å². The van der Waals surface area contributed by atoms with Crippen molar-refractivity contribution in [1.82, 2.24) is 0 Å². The van der Waals surface area contributed by atoms with Crippen molar-refractivity contribution in [2.45, 2.75) is 13.3 Å². The Balaban J connectivity index is 2.20. The lowest BCUT2D eigenvalue weighted by Gasteiger charge is -2.08. The van der Waals surface area contributed by atoms with Crippen LogP contribution >= 0.6 is 27.5 Å². The summed E-state index contributed by atoms with van der Waals surface area (Å²) in [5.41, 5.74) is 0.535. The average Bonchev–Trinajstić information content (AvgIpc) is 2.41. The van der Waals surface area contributed by atoms with E-state index in [1.165, 1.54) is 0 Å². The Morgan fingerprint density at radius 1 is 1.16 bits per heavy atom. The fraction of sp³-hybridized carbons (Fsp3) is 0.133. The molecule has 0 N–H and O–H groups in total. The summed E-state index contributed by atoms with van der Waals surface area (Å²) in [6, 6.07) is 12.6. The van der Waals surface area contributed by atoms with E-state index in [0.29, 0.717) is 28.5 Å². The molecule has 0 bridgehead atoms. The van der Waals surface area contributed by atoms with Crippen molar-refractivity contribution in [2.75, 3.05) is 0 Å². The molecule has 2 rings (SSSR count). The number of hydrogen-bond donors (Lipinski definition) is 0. The fourth-order valence-electron chi connectivity index (χ4n) is 1.61. The summed E-state index contributed by atoms with van der Waals surface area (Å²) in [7, 11) is 0. The molecule has 0 fully saturated rings. The SMILES string of the molecule is CCC(=O)c1ccc(Oc2ccc(Br)cc2)cc1Cl. The molecule has 2 aromatic carbocycles. The summed E-state index contributed by atoms with van der Waals surface area (Å²) >= 11 is 9.45. The Morgan fingerprint density at radius 2 is 1.79 bits per heavy atom. The number of ketones is 1. The molecular formula is C15H12BrClO2. The molecule has 0 aliphatic carbocycles. The van der Waals surface area contributed by atoms with Gasteiger partial charge in [0, 0.05) is 22.5 Å². The van der Waals surface area contributed by atoms with Crippen LogP contribution in [0.5, 0.6) is 11.5 Å². The molecule has 0 heterocycles. The van der Waals surface area contributed by atoms with Gasteiger partial charge in [0.1, 0.15) is 11.5 Å². The Morgan fingerprint density at radius 3 is 2.37 bits per heavy atom. The fourth-order valence-corrected chi connectivity index (χ4v) is 2.15. The molecule has 0 saturated carbocycles. The maximum atomic E-state index is 11.6. The second-order valence-corrected chi connectivity index (χ2v) is 5.30. The summed E-state index contributed by atoms with van der Waals surface area (Å²) in [5.74, 6) is 1.36. The van der Waals surface area contributed by atoms with Crippen LogP contribution in [0.2, 0.25) is 5.02 Å². The van der Waals surface area contributed by atoms with E-state index in [4.69, 9.17) is 16.3 Å². The largest absolute Gasteiger partial charge is 0.457 e. The first-order valence-electron chi connectivity index (χ1n) is 5.86. The first-order valence-corrected chi connectivity index (χ1v) is 7.03. The number of benzene rings is 2. The van der Waals surface area contributed by atoms with Crippen molar-refractivity contribution in [3.05, 3.63) is 57.5 Å². The highest BCUT2D eigenvalue weighted by Gasteiger charge is 2.09. The van der Waals surface area contributed by atoms with Crippen molar-refractivity contribution in [3.8, 4) is 11.5 Å². The minimum atomic E-state index is 0.0280. The standard InChI is InChI=1S/C15H12BrClO2/c1-2-15(18)13-8-7-12(9-14(13)17)19-11-5-3-10(16)4-6-11/h3-9H,2H2,1H3. The van der Waals surface area contributed by atoms with Crippen LogP contribution in [0.4, 0.5) is 0 Å². The van der Waals surface area contributed by atoms with Gasteiger partial charge in [-0.1, -0.05) is 34.5 Å². The van der Waals surface area contributed by atoms with Crippen LogP contribution in [0.3, 0.4) is 0 Å². The van der Waals surface area contributed by atoms with Crippen LogP contribution in [0.25, 0.3) is 0 Å². The zero-order valence-corrected chi connectivity index (χ0v) is 12.7. The van der Waals surface area contributed by atoms with Gasteiger partial charge < -0.3 is 4.74 Å². The predicted octanol–water partition coefficient (Wildman–Crippen LogP) is 5.49. The molecule has 0 saturated heterocycles. The maximum absolute atomic E-state index is 11.6. The summed E-state index contributed by atoms with van der Waals surface area (Å²) in [4.78, 5) is 11.6. The van der Waals surface area contributed by atoms with Gasteiger partial charge in [-0.15, -0.1) is 0 Å². The Hall–Kier alpha value is -1.32. The zero-order valence-electron chi connectivity index (χ0n) is 10.3. The topological polar surface area (TPSA) is 26.3 Å². The van der Waals surface area contributed by atoms with Crippen molar-refractivity contribution < 1.29 is 9.53 Å². The Kier molecular flexibility index (Phi) is 4.61. The first kappa shape index (κ1) is 14.1. The van der Waals surface area contributed by atoms with Crippen LogP contribution in [0, 0.1) is 0 Å². The van der Waals surface area contributed by atoms with E-state index < -0.39 is 0 Å². The highest BCUT2D eigenvalue weighted by Crippen LogP contribution is 2.28. The molecule has 0 unspecified atom stereocenters. The summed E-state index contributed by atoms with van der Waals surface area (Å²) < 4.78 is 6.65. The molecule has 0 aliphatic heterocycles. The first-order chi connectivity index (χ1) is 9.10. The van der Waals surface area contributed by atoms with Gasteiger partial charge >= 0.3 is 0 Å². The second kappa shape index (κ2) is 6.22. The lowest BCUT2D eigenvalue weighted by molar-refractivity contribution is 0.0988. The highest BCUT2D eigenvalue weighted by molar-refractivity contribution is 9.10. The van der Waals surface area contributed by atoms with Gasteiger partial charge in [0.25, 0.3) is 0 Å². The maximum Gasteiger partial charge on any atom is 0.164 e. The molecule has 0 atom stereocenters. The average molecular weight is 340 g/mol. The summed E-state index contributed by atoms with van der Waals surface area (Å²) in [6.07, 6.45) is 0.437. The second-order valence-electron chi connectivity index (χ2n) is 3.97. The van der Waals surface area contributed by atoms with Gasteiger partial charge in [0.05, 0.1) is 5.02 Å². The molecular weight excluding hydrogens is 328 g/mol. The highest BCUT2D eigenvalue weighted by atomic mass is 79.9. The minimum absolute atomic E-state index is 0.0280. The summed E-state index contributed by atoms with van der Waals surface area (Å²) in [6.45, 7) is 1.81. The van der Waals surface area contributed by atoms with Crippen molar-refractivity contribution >= 4 is 33.3 Å². The number of Topliss-reactive ketones (excluding diaryl/α,β-unsaturated/α-hetero) is 1. The van der Waals surface area contributed by atoms with E-state index in [1.54, 1.807) is 18.2 Å². The van der Waals surface area contributed by atoms with Crippen molar-refractivity contribution in [1.29, 1.82) is 0 Å². The van der Waals surface area contributed by atoms with E-state index >= 15 is 0 Å². The van der Waals surface area contributed by atoms with Crippen molar-refractivity contribution in [3.63, 3.8) is 0 Å². The quantitative estimate of drug-likeness (QED) is 0.689. The number of hydrogen-bond acceptors (Lipinski definition) is 2. The third kappa shape index (κ3) is 3.58. The lowest BCUT2D eigenvalue weighted by atomic mass is 10.1. The smallest absolute Gasteiger partial charge is 0.164 e. The number of rotatable bonds is 4. The Labute approximate surface area is 125 Å². The Bertz CT molecular complexity index is 594. The molecule has 0 spiro atoms. The lowest BCUT2D eigenvalue weighted by Crippen LogP contribution is -1.97. The normalized spacial score (nSPS) is 10.3. The third-order valence-corrected chi connectivity index (χ3v) is 3.45. The van der Waals surface area contributed by atoms with E-state index in [2.05, 4.69) is 15.9 Å². The zero-order chi connectivity index (χ0) is 13.8. The molecule has 2 nitrogen and oxygen atoms in total. The summed E-state index contributed by atoms with van der Waals surface area (Å²) in [5, 5.41) is 0.418. The van der Waals surface area contributed by atoms with Crippen LogP contribution in [-0.2, 0) is 0 Å². The molecule has 0 amide bonds. The molecule has 0 radical (unpaired) electrons. The van der Waals surface area contributed by atoms with Gasteiger partial charge in [-0.3, -0.25) is 4.79 Å². The van der Waals surface area contributed by atoms with Gasteiger partial charge in [-0.25, -0.2) is 0 Å². The third-order valence-electron chi connectivity index (χ3n) is 2.61. The van der Waals surface area contributed by atoms with Gasteiger partial charge in [-0.2, -0.15) is 0 Å². The number of carbonyl (C=O) groups excluding carboxylic acids is 1. The van der Waals surface area contributed by atoms with Crippen LogP contribution in [0.15, 0.2) is 46.9 Å². The number of carbonyl (C=O) groups is 1. The molecule has 4 heteroatoms. The molecule has 98 valence electrons. The molecule has 2 aromatic rings. The van der Waals surface area contributed by atoms with Gasteiger partial charge in [-0.05, 0) is 36.4 Å². The monoisotopic (exact) mass is 338 g/mol. The minimum Gasteiger partial charge on any atom is -0.457 e. The van der Waals surface area contributed by atoms with Crippen LogP contribution < -0.4 is 4.74 Å². The van der Waals surface area contributed by atoms with E-state index in [9.17, 15) is 4.79 Å². The van der Waals surface area contributed by atoms with Crippen LogP contribution in [-0.4, -0.2) is 5.78 Å². The van der Waals surface area contributed by atoms with Crippen molar-refractivity contribution in [2.24, 2.45) is 0 Å².